The molecule has 4 rings (SSSR count). The van der Waals surface area contributed by atoms with Gasteiger partial charge >= 0.3 is 0 Å². The van der Waals surface area contributed by atoms with E-state index >= 15 is 0 Å². The normalized spacial score (nSPS) is 9.84. The molecular formula is C34H32N12O4. The van der Waals surface area contributed by atoms with Crippen molar-refractivity contribution in [1.29, 1.82) is 0 Å². The van der Waals surface area contributed by atoms with E-state index in [9.17, 15) is 0 Å². The molecule has 0 atom stereocenters. The van der Waals surface area contributed by atoms with E-state index in [1.807, 2.05) is 97.1 Å². The van der Waals surface area contributed by atoms with E-state index in [0.717, 1.165) is 33.4 Å². The number of azide groups is 4. The third-order valence-corrected chi connectivity index (χ3v) is 6.92. The fourth-order valence-corrected chi connectivity index (χ4v) is 4.78. The van der Waals surface area contributed by atoms with Crippen molar-refractivity contribution < 1.29 is 18.9 Å². The van der Waals surface area contributed by atoms with E-state index in [1.165, 1.54) is 0 Å². The van der Waals surface area contributed by atoms with Gasteiger partial charge in [-0.25, -0.2) is 0 Å². The molecule has 0 aliphatic heterocycles. The Kier molecular flexibility index (Phi) is 14.6. The maximum Gasteiger partial charge on any atom is 0.119 e. The van der Waals surface area contributed by atoms with Gasteiger partial charge in [0.05, 0.1) is 52.6 Å². The molecule has 0 aromatic heterocycles. The molecule has 16 nitrogen and oxygen atoms in total. The zero-order valence-electron chi connectivity index (χ0n) is 26.9. The largest absolute Gasteiger partial charge is 0.493 e. The minimum absolute atomic E-state index is 0.210. The summed E-state index contributed by atoms with van der Waals surface area (Å²) in [6.45, 7) is 1.81. The van der Waals surface area contributed by atoms with Crippen molar-refractivity contribution in [3.63, 3.8) is 0 Å². The number of rotatable bonds is 20. The van der Waals surface area contributed by atoms with Crippen LogP contribution in [-0.4, -0.2) is 52.6 Å². The van der Waals surface area contributed by atoms with Crippen molar-refractivity contribution >= 4 is 11.1 Å². The summed E-state index contributed by atoms with van der Waals surface area (Å²) in [5.41, 5.74) is 39.6. The third-order valence-electron chi connectivity index (χ3n) is 6.92. The lowest BCUT2D eigenvalue weighted by Gasteiger charge is -2.19. The lowest BCUT2D eigenvalue weighted by atomic mass is 9.85. The molecule has 252 valence electrons. The van der Waals surface area contributed by atoms with Gasteiger partial charge in [0.1, 0.15) is 23.0 Å². The molecule has 0 amide bonds. The van der Waals surface area contributed by atoms with Gasteiger partial charge in [-0.1, -0.05) is 69.0 Å². The van der Waals surface area contributed by atoms with E-state index in [4.69, 9.17) is 41.1 Å². The van der Waals surface area contributed by atoms with Crippen LogP contribution in [0.4, 0.5) is 0 Å². The van der Waals surface area contributed by atoms with Crippen LogP contribution in [0.15, 0.2) is 118 Å². The molecule has 0 unspecified atom stereocenters. The van der Waals surface area contributed by atoms with E-state index in [0.29, 0.717) is 23.0 Å². The first-order chi connectivity index (χ1) is 24.7. The summed E-state index contributed by atoms with van der Waals surface area (Å²) in [4.78, 5) is 11.0. The van der Waals surface area contributed by atoms with E-state index < -0.39 is 0 Å². The molecule has 4 aromatic rings. The molecule has 0 aliphatic rings. The van der Waals surface area contributed by atoms with Crippen molar-refractivity contribution in [2.24, 2.45) is 20.5 Å². The number of hydrogen-bond donors (Lipinski definition) is 0. The molecule has 0 heterocycles. The summed E-state index contributed by atoms with van der Waals surface area (Å²) in [5, 5.41) is 14.1. The highest BCUT2D eigenvalue weighted by Gasteiger charge is 2.17. The molecule has 0 fully saturated rings. The molecule has 0 saturated carbocycles. The van der Waals surface area contributed by atoms with Crippen molar-refractivity contribution in [2.75, 3.05) is 52.6 Å². The van der Waals surface area contributed by atoms with Gasteiger partial charge in [-0.05, 0) is 104 Å². The Morgan fingerprint density at radius 3 is 0.740 bits per heavy atom. The Morgan fingerprint density at radius 1 is 0.360 bits per heavy atom. The van der Waals surface area contributed by atoms with Gasteiger partial charge in [0.15, 0.2) is 0 Å². The standard InChI is InChI=1S/C34H32N12O4/c35-43-39-17-21-47-29-9-1-25(2-10-29)33(26-3-11-30(12-4-26)48-22-18-40-44-36)34(27-5-13-31(14-6-27)49-23-19-41-45-37)28-7-15-32(16-8-28)50-24-20-42-46-38/h1-16H,17-24H2. The highest BCUT2D eigenvalue weighted by Crippen LogP contribution is 2.39. The lowest BCUT2D eigenvalue weighted by molar-refractivity contribution is 0.328. The van der Waals surface area contributed by atoms with Gasteiger partial charge in [0, 0.05) is 19.6 Å². The van der Waals surface area contributed by atoms with Crippen LogP contribution in [0.3, 0.4) is 0 Å². The summed E-state index contributed by atoms with van der Waals surface area (Å²) in [5.74, 6) is 2.49. The van der Waals surface area contributed by atoms with Gasteiger partial charge in [-0.3, -0.25) is 0 Å². The van der Waals surface area contributed by atoms with Crippen LogP contribution in [0.5, 0.6) is 23.0 Å². The van der Waals surface area contributed by atoms with Crippen LogP contribution in [0.2, 0.25) is 0 Å². The second-order valence-electron chi connectivity index (χ2n) is 10.1. The lowest BCUT2D eigenvalue weighted by Crippen LogP contribution is -2.03. The topological polar surface area (TPSA) is 232 Å². The molecule has 0 saturated heterocycles. The molecule has 16 heteroatoms. The molecule has 0 spiro atoms. The molecule has 0 bridgehead atoms. The first kappa shape index (κ1) is 35.9. The molecule has 0 aliphatic carbocycles. The van der Waals surface area contributed by atoms with E-state index in [-0.39, 0.29) is 52.6 Å². The van der Waals surface area contributed by atoms with E-state index in [1.54, 1.807) is 0 Å². The van der Waals surface area contributed by atoms with E-state index in [2.05, 4.69) is 40.1 Å². The van der Waals surface area contributed by atoms with Crippen molar-refractivity contribution in [2.45, 2.75) is 0 Å². The fourth-order valence-electron chi connectivity index (χ4n) is 4.78. The zero-order valence-corrected chi connectivity index (χ0v) is 26.9. The molecule has 4 aromatic carbocycles. The van der Waals surface area contributed by atoms with Gasteiger partial charge in [0.2, 0.25) is 0 Å². The van der Waals surface area contributed by atoms with Crippen LogP contribution in [0.1, 0.15) is 22.3 Å². The predicted octanol–water partition coefficient (Wildman–Crippen LogP) is 9.45. The SMILES string of the molecule is [N-]=[N+]=NCCOc1ccc(C(=C(c2ccc(OCCN=[N+]=[N-])cc2)c2ccc(OCCN=[N+]=[N-])cc2)c2ccc(OCCN=[N+]=[N-])cc2)cc1. The van der Waals surface area contributed by atoms with Crippen LogP contribution in [-0.2, 0) is 0 Å². The highest BCUT2D eigenvalue weighted by molar-refractivity contribution is 6.04. The second-order valence-corrected chi connectivity index (χ2v) is 10.1. The number of hydrogen-bond acceptors (Lipinski definition) is 8. The zero-order chi connectivity index (χ0) is 35.2. The molecule has 0 N–H and O–H groups in total. The van der Waals surface area contributed by atoms with Gasteiger partial charge in [-0.2, -0.15) is 0 Å². The predicted molar refractivity (Wildman–Crippen MR) is 189 cm³/mol. The van der Waals surface area contributed by atoms with Gasteiger partial charge in [-0.15, -0.1) is 0 Å². The minimum Gasteiger partial charge on any atom is -0.493 e. The molecule has 50 heavy (non-hydrogen) atoms. The first-order valence-corrected chi connectivity index (χ1v) is 15.4. The first-order valence-electron chi connectivity index (χ1n) is 15.4. The third kappa shape index (κ3) is 11.1. The Bertz CT molecular complexity index is 1630. The monoisotopic (exact) mass is 672 g/mol. The molecule has 0 radical (unpaired) electrons. The van der Waals surface area contributed by atoms with Gasteiger partial charge in [0.25, 0.3) is 0 Å². The van der Waals surface area contributed by atoms with Crippen LogP contribution >= 0.6 is 0 Å². The highest BCUT2D eigenvalue weighted by atomic mass is 16.5. The summed E-state index contributed by atoms with van der Waals surface area (Å²) >= 11 is 0. The average Bonchev–Trinajstić information content (AvgIpc) is 3.16. The Balaban J connectivity index is 1.82. The molecular weight excluding hydrogens is 640 g/mol. The number of ether oxygens (including phenoxy) is 4. The van der Waals surface area contributed by atoms with Crippen LogP contribution < -0.4 is 18.9 Å². The maximum atomic E-state index is 8.56. The van der Waals surface area contributed by atoms with Crippen molar-refractivity contribution in [3.8, 4) is 23.0 Å². The summed E-state index contributed by atoms with van der Waals surface area (Å²) < 4.78 is 23.0. The van der Waals surface area contributed by atoms with Crippen LogP contribution in [0.25, 0.3) is 52.9 Å². The summed E-state index contributed by atoms with van der Waals surface area (Å²) in [6.07, 6.45) is 0. The minimum atomic E-state index is 0.210. The van der Waals surface area contributed by atoms with Crippen LogP contribution in [0, 0.1) is 0 Å². The fraction of sp³-hybridized carbons (Fsp3) is 0.235. The number of benzene rings is 4. The van der Waals surface area contributed by atoms with Crippen molar-refractivity contribution in [3.05, 3.63) is 161 Å². The summed E-state index contributed by atoms with van der Waals surface area (Å²) in [7, 11) is 0. The Hall–Kier alpha value is -6.94. The van der Waals surface area contributed by atoms with Gasteiger partial charge < -0.3 is 18.9 Å². The average molecular weight is 673 g/mol. The number of nitrogens with zero attached hydrogens (tertiary/aromatic N) is 12. The smallest absolute Gasteiger partial charge is 0.119 e. The summed E-state index contributed by atoms with van der Waals surface area (Å²) in [6, 6.07) is 30.6. The quantitative estimate of drug-likeness (QED) is 0.0293. The maximum absolute atomic E-state index is 8.56. The second kappa shape index (κ2) is 20.3. The Morgan fingerprint density at radius 2 is 0.560 bits per heavy atom. The Labute approximate surface area is 287 Å². The van der Waals surface area contributed by atoms with Crippen molar-refractivity contribution in [1.82, 2.24) is 0 Å².